The van der Waals surface area contributed by atoms with Crippen molar-refractivity contribution in [2.24, 2.45) is 0 Å². The van der Waals surface area contributed by atoms with Crippen molar-refractivity contribution in [3.8, 4) is 5.75 Å². The molecular formula is C17H22NO+. The second kappa shape index (κ2) is 5.20. The highest BCUT2D eigenvalue weighted by Gasteiger charge is 2.32. The van der Waals surface area contributed by atoms with E-state index in [9.17, 15) is 5.11 Å². The van der Waals surface area contributed by atoms with Crippen LogP contribution in [0.25, 0.3) is 0 Å². The molecular weight excluding hydrogens is 234 g/mol. The summed E-state index contributed by atoms with van der Waals surface area (Å²) < 4.78 is 2.59. The van der Waals surface area contributed by atoms with Crippen LogP contribution in [-0.2, 0) is 6.42 Å². The molecule has 1 aromatic rings. The summed E-state index contributed by atoms with van der Waals surface area (Å²) in [5.74, 6) is 0.862. The van der Waals surface area contributed by atoms with E-state index in [-0.39, 0.29) is 0 Å². The molecule has 0 saturated carbocycles. The summed E-state index contributed by atoms with van der Waals surface area (Å²) in [6.07, 6.45) is 7.88. The van der Waals surface area contributed by atoms with Gasteiger partial charge in [-0.2, -0.15) is 0 Å². The number of allylic oxidation sites excluding steroid dienone is 1. The van der Waals surface area contributed by atoms with E-state index in [4.69, 9.17) is 0 Å². The highest BCUT2D eigenvalue weighted by atomic mass is 16.3. The Bertz CT molecular complexity index is 522. The lowest BCUT2D eigenvalue weighted by atomic mass is 9.79. The number of nitrogens with zero attached hydrogens (tertiary/aromatic N) is 1. The zero-order valence-corrected chi connectivity index (χ0v) is 11.4. The molecule has 1 N–H and O–H groups in total. The molecule has 100 valence electrons. The van der Waals surface area contributed by atoms with E-state index in [0.717, 1.165) is 19.3 Å². The van der Waals surface area contributed by atoms with Crippen molar-refractivity contribution < 1.29 is 9.68 Å². The Morgan fingerprint density at radius 1 is 1.26 bits per heavy atom. The van der Waals surface area contributed by atoms with Gasteiger partial charge in [0.05, 0.1) is 5.92 Å². The number of benzene rings is 1. The third-order valence-corrected chi connectivity index (χ3v) is 4.47. The van der Waals surface area contributed by atoms with Gasteiger partial charge in [0.15, 0.2) is 5.71 Å². The van der Waals surface area contributed by atoms with Crippen LogP contribution in [-0.4, -0.2) is 28.5 Å². The molecule has 1 heterocycles. The third-order valence-electron chi connectivity index (χ3n) is 4.47. The van der Waals surface area contributed by atoms with Gasteiger partial charge >= 0.3 is 0 Å². The summed E-state index contributed by atoms with van der Waals surface area (Å²) in [7, 11) is 0. The second-order valence-electron chi connectivity index (χ2n) is 5.65. The lowest BCUT2D eigenvalue weighted by Crippen LogP contribution is -2.29. The first-order chi connectivity index (χ1) is 9.29. The number of hydrogen-bond donors (Lipinski definition) is 1. The lowest BCUT2D eigenvalue weighted by molar-refractivity contribution is -0.509. The molecule has 1 aliphatic heterocycles. The van der Waals surface area contributed by atoms with Crippen molar-refractivity contribution in [2.75, 3.05) is 13.1 Å². The minimum Gasteiger partial charge on any atom is -0.508 e. The number of hydrogen-bond acceptors (Lipinski definition) is 1. The number of phenols is 1. The van der Waals surface area contributed by atoms with Gasteiger partial charge in [0.1, 0.15) is 18.8 Å². The van der Waals surface area contributed by atoms with Crippen LogP contribution < -0.4 is 0 Å². The van der Waals surface area contributed by atoms with Crippen molar-refractivity contribution >= 4 is 5.71 Å². The van der Waals surface area contributed by atoms with Crippen LogP contribution in [0.15, 0.2) is 30.9 Å². The third kappa shape index (κ3) is 2.32. The second-order valence-corrected chi connectivity index (χ2v) is 5.65. The molecule has 1 fully saturated rings. The van der Waals surface area contributed by atoms with Crippen LogP contribution in [0.3, 0.4) is 0 Å². The predicted octanol–water partition coefficient (Wildman–Crippen LogP) is 3.25. The van der Waals surface area contributed by atoms with Crippen molar-refractivity contribution in [3.63, 3.8) is 0 Å². The van der Waals surface area contributed by atoms with Crippen molar-refractivity contribution in [3.05, 3.63) is 42.0 Å². The minimum absolute atomic E-state index is 0.390. The van der Waals surface area contributed by atoms with Gasteiger partial charge in [0.25, 0.3) is 0 Å². The van der Waals surface area contributed by atoms with Crippen LogP contribution in [0.2, 0.25) is 0 Å². The van der Waals surface area contributed by atoms with Crippen LogP contribution in [0.4, 0.5) is 0 Å². The van der Waals surface area contributed by atoms with E-state index in [0.29, 0.717) is 11.7 Å². The Kier molecular flexibility index (Phi) is 3.41. The molecule has 3 rings (SSSR count). The van der Waals surface area contributed by atoms with Gasteiger partial charge < -0.3 is 5.11 Å². The summed E-state index contributed by atoms with van der Waals surface area (Å²) in [4.78, 5) is 0. The van der Waals surface area contributed by atoms with Crippen LogP contribution in [0, 0.1) is 0 Å². The molecule has 2 nitrogen and oxygen atoms in total. The fraction of sp³-hybridized carbons (Fsp3) is 0.471. The Morgan fingerprint density at radius 3 is 2.79 bits per heavy atom. The maximum atomic E-state index is 9.64. The quantitative estimate of drug-likeness (QED) is 0.637. The molecule has 19 heavy (non-hydrogen) atoms. The molecule has 0 bridgehead atoms. The van der Waals surface area contributed by atoms with E-state index < -0.39 is 0 Å². The molecule has 1 saturated heterocycles. The van der Waals surface area contributed by atoms with Crippen molar-refractivity contribution in [1.82, 2.24) is 0 Å². The Hall–Kier alpha value is -1.57. The predicted molar refractivity (Wildman–Crippen MR) is 78.2 cm³/mol. The van der Waals surface area contributed by atoms with Gasteiger partial charge in [-0.3, -0.25) is 0 Å². The van der Waals surface area contributed by atoms with Crippen molar-refractivity contribution in [2.45, 2.75) is 38.0 Å². The van der Waals surface area contributed by atoms with E-state index in [2.05, 4.69) is 17.2 Å². The van der Waals surface area contributed by atoms with E-state index >= 15 is 0 Å². The van der Waals surface area contributed by atoms with Crippen molar-refractivity contribution in [1.29, 1.82) is 0 Å². The summed E-state index contributed by atoms with van der Waals surface area (Å²) in [5.41, 5.74) is 4.30. The summed E-state index contributed by atoms with van der Waals surface area (Å²) in [6.45, 7) is 6.36. The molecule has 2 heteroatoms. The standard InChI is InChI=1S/C17H21NO/c1-2-5-16-15-8-7-14(19)12-13(15)6-9-17(16)18-10-3-4-11-18/h2,7-8,12,16H,1,3-6,9-11H2/p+1. The normalized spacial score (nSPS) is 22.4. The summed E-state index contributed by atoms with van der Waals surface area (Å²) in [6, 6.07) is 5.86. The molecule has 2 aliphatic rings. The number of fused-ring (bicyclic) bond motifs is 1. The van der Waals surface area contributed by atoms with Gasteiger partial charge in [0, 0.05) is 19.3 Å². The van der Waals surface area contributed by atoms with Gasteiger partial charge in [-0.15, -0.1) is 6.58 Å². The highest BCUT2D eigenvalue weighted by molar-refractivity contribution is 5.89. The highest BCUT2D eigenvalue weighted by Crippen LogP contribution is 2.34. The maximum absolute atomic E-state index is 9.64. The van der Waals surface area contributed by atoms with Gasteiger partial charge in [-0.05, 0) is 36.1 Å². The first-order valence-corrected chi connectivity index (χ1v) is 7.33. The number of aromatic hydroxyl groups is 1. The SMILES string of the molecule is C=CCC1C(=[N+]2CCCC2)CCc2cc(O)ccc21. The van der Waals surface area contributed by atoms with E-state index in [1.807, 2.05) is 18.2 Å². The molecule has 1 aliphatic carbocycles. The molecule has 0 amide bonds. The number of aryl methyl sites for hydroxylation is 1. The molecule has 1 aromatic carbocycles. The van der Waals surface area contributed by atoms with Gasteiger partial charge in [-0.1, -0.05) is 12.1 Å². The average molecular weight is 256 g/mol. The maximum Gasteiger partial charge on any atom is 0.160 e. The van der Waals surface area contributed by atoms with Gasteiger partial charge in [0.2, 0.25) is 0 Å². The largest absolute Gasteiger partial charge is 0.508 e. The zero-order chi connectivity index (χ0) is 13.2. The Morgan fingerprint density at radius 2 is 2.05 bits per heavy atom. The summed E-state index contributed by atoms with van der Waals surface area (Å²) >= 11 is 0. The fourth-order valence-electron chi connectivity index (χ4n) is 3.58. The molecule has 1 unspecified atom stereocenters. The monoisotopic (exact) mass is 256 g/mol. The molecule has 0 radical (unpaired) electrons. The smallest absolute Gasteiger partial charge is 0.160 e. The molecule has 0 spiro atoms. The molecule has 1 atom stereocenters. The van der Waals surface area contributed by atoms with Crippen LogP contribution in [0.1, 0.15) is 42.7 Å². The summed E-state index contributed by atoms with van der Waals surface area (Å²) in [5, 5.41) is 9.64. The zero-order valence-electron chi connectivity index (χ0n) is 11.4. The lowest BCUT2D eigenvalue weighted by Gasteiger charge is -2.25. The number of phenolic OH excluding ortho intramolecular Hbond substituents is 1. The van der Waals surface area contributed by atoms with Gasteiger partial charge in [-0.25, -0.2) is 4.58 Å². The number of rotatable bonds is 2. The Balaban J connectivity index is 2.04. The molecule has 0 aromatic heterocycles. The van der Waals surface area contributed by atoms with E-state index in [1.54, 1.807) is 5.71 Å². The average Bonchev–Trinajstić information content (AvgIpc) is 2.93. The minimum atomic E-state index is 0.390. The topological polar surface area (TPSA) is 23.2 Å². The first-order valence-electron chi connectivity index (χ1n) is 7.33. The fourth-order valence-corrected chi connectivity index (χ4v) is 3.58. The van der Waals surface area contributed by atoms with Crippen LogP contribution in [0.5, 0.6) is 5.75 Å². The Labute approximate surface area is 115 Å². The van der Waals surface area contributed by atoms with E-state index in [1.165, 1.54) is 37.1 Å². The first kappa shape index (κ1) is 12.5. The van der Waals surface area contributed by atoms with Crippen LogP contribution >= 0.6 is 0 Å².